The summed E-state index contributed by atoms with van der Waals surface area (Å²) in [7, 11) is 0. The van der Waals surface area contributed by atoms with Gasteiger partial charge in [-0.2, -0.15) is 0 Å². The fraction of sp³-hybridized carbons (Fsp3) is 0.238. The molecule has 1 aromatic heterocycles. The second-order valence-corrected chi connectivity index (χ2v) is 7.21. The van der Waals surface area contributed by atoms with Gasteiger partial charge in [0.15, 0.2) is 11.5 Å². The summed E-state index contributed by atoms with van der Waals surface area (Å²) >= 11 is 6.33. The highest BCUT2D eigenvalue weighted by Crippen LogP contribution is 2.40. The van der Waals surface area contributed by atoms with Crippen LogP contribution in [0, 0.1) is 0 Å². The smallest absolute Gasteiger partial charge is 0.257 e. The van der Waals surface area contributed by atoms with Crippen LogP contribution in [0.1, 0.15) is 11.4 Å². The second-order valence-electron chi connectivity index (χ2n) is 6.80. The fourth-order valence-corrected chi connectivity index (χ4v) is 3.76. The number of benzene rings is 2. The molecule has 29 heavy (non-hydrogen) atoms. The molecule has 2 aromatic carbocycles. The predicted molar refractivity (Wildman–Crippen MR) is 109 cm³/mol. The molecule has 0 atom stereocenters. The summed E-state index contributed by atoms with van der Waals surface area (Å²) in [6, 6.07) is 11.2. The molecule has 0 unspecified atom stereocenters. The normalized spacial score (nSPS) is 16.4. The monoisotopic (exact) mass is 411 g/mol. The number of aromatic nitrogens is 2. The van der Waals surface area contributed by atoms with Crippen LogP contribution < -0.4 is 9.47 Å². The Morgan fingerprint density at radius 3 is 2.83 bits per heavy atom. The van der Waals surface area contributed by atoms with E-state index in [1.54, 1.807) is 17.0 Å². The number of rotatable bonds is 3. The maximum absolute atomic E-state index is 13.4. The number of carbonyl (C=O) groups is 1. The maximum Gasteiger partial charge on any atom is 0.257 e. The number of nitrogens with zero attached hydrogens (tertiary/aromatic N) is 2. The minimum atomic E-state index is -0.110. The number of amides is 1. The number of hydrogen-bond donors (Lipinski definition) is 1. The summed E-state index contributed by atoms with van der Waals surface area (Å²) in [6.45, 7) is 2.26. The third-order valence-corrected chi connectivity index (χ3v) is 5.21. The van der Waals surface area contributed by atoms with Gasteiger partial charge < -0.3 is 24.1 Å². The van der Waals surface area contributed by atoms with E-state index in [2.05, 4.69) is 9.97 Å². The Morgan fingerprint density at radius 2 is 2.00 bits per heavy atom. The van der Waals surface area contributed by atoms with E-state index in [-0.39, 0.29) is 12.7 Å². The Bertz CT molecular complexity index is 1090. The molecule has 0 aliphatic carbocycles. The first kappa shape index (κ1) is 18.0. The second kappa shape index (κ2) is 7.42. The first-order valence-electron chi connectivity index (χ1n) is 9.32. The Morgan fingerprint density at radius 1 is 1.17 bits per heavy atom. The van der Waals surface area contributed by atoms with Gasteiger partial charge in [0, 0.05) is 13.1 Å². The topological polar surface area (TPSA) is 76.7 Å². The van der Waals surface area contributed by atoms with Gasteiger partial charge in [0.05, 0.1) is 34.8 Å². The van der Waals surface area contributed by atoms with Crippen molar-refractivity contribution in [1.82, 2.24) is 14.9 Å². The van der Waals surface area contributed by atoms with E-state index in [9.17, 15) is 4.79 Å². The zero-order valence-corrected chi connectivity index (χ0v) is 16.2. The van der Waals surface area contributed by atoms with Gasteiger partial charge in [-0.1, -0.05) is 23.7 Å². The Hall–Kier alpha value is -3.03. The zero-order chi connectivity index (χ0) is 19.8. The average molecular weight is 412 g/mol. The number of halogens is 1. The summed E-state index contributed by atoms with van der Waals surface area (Å²) in [5, 5.41) is 0.439. The van der Waals surface area contributed by atoms with Crippen LogP contribution in [0.5, 0.6) is 11.5 Å². The molecule has 0 saturated carbocycles. The van der Waals surface area contributed by atoms with Crippen molar-refractivity contribution in [1.29, 1.82) is 0 Å². The number of ether oxygens (including phenoxy) is 3. The lowest BCUT2D eigenvalue weighted by atomic mass is 10.1. The van der Waals surface area contributed by atoms with Crippen LogP contribution in [0.3, 0.4) is 0 Å². The van der Waals surface area contributed by atoms with Crippen molar-refractivity contribution in [2.45, 2.75) is 0 Å². The molecule has 2 aliphatic rings. The van der Waals surface area contributed by atoms with E-state index in [0.29, 0.717) is 54.2 Å². The van der Waals surface area contributed by atoms with Crippen LogP contribution >= 0.6 is 11.6 Å². The number of fused-ring (bicyclic) bond motifs is 2. The molecule has 1 fully saturated rings. The molecular weight excluding hydrogens is 394 g/mol. The van der Waals surface area contributed by atoms with Gasteiger partial charge >= 0.3 is 0 Å². The van der Waals surface area contributed by atoms with Gasteiger partial charge in [-0.05, 0) is 35.9 Å². The number of imidazole rings is 1. The first-order chi connectivity index (χ1) is 14.2. The van der Waals surface area contributed by atoms with Crippen molar-refractivity contribution in [3.05, 3.63) is 52.8 Å². The average Bonchev–Trinajstić information content (AvgIpc) is 3.39. The van der Waals surface area contributed by atoms with Crippen LogP contribution in [0.4, 0.5) is 0 Å². The lowest BCUT2D eigenvalue weighted by Gasteiger charge is -2.27. The molecule has 1 saturated heterocycles. The van der Waals surface area contributed by atoms with Crippen molar-refractivity contribution < 1.29 is 19.0 Å². The van der Waals surface area contributed by atoms with Crippen LogP contribution in [0.25, 0.3) is 22.7 Å². The molecule has 1 amide bonds. The summed E-state index contributed by atoms with van der Waals surface area (Å²) in [5.41, 5.74) is 2.85. The van der Waals surface area contributed by atoms with E-state index >= 15 is 0 Å². The summed E-state index contributed by atoms with van der Waals surface area (Å²) in [5.74, 6) is 1.48. The van der Waals surface area contributed by atoms with Gasteiger partial charge in [0.2, 0.25) is 6.79 Å². The van der Waals surface area contributed by atoms with Gasteiger partial charge in [0.25, 0.3) is 5.91 Å². The molecule has 3 heterocycles. The maximum atomic E-state index is 13.4. The van der Waals surface area contributed by atoms with Crippen molar-refractivity contribution in [3.8, 4) is 11.5 Å². The molecule has 2 aliphatic heterocycles. The number of para-hydroxylation sites is 2. The van der Waals surface area contributed by atoms with Crippen LogP contribution in [0.2, 0.25) is 5.02 Å². The quantitative estimate of drug-likeness (QED) is 0.669. The zero-order valence-electron chi connectivity index (χ0n) is 15.5. The summed E-state index contributed by atoms with van der Waals surface area (Å²) in [4.78, 5) is 23.0. The number of aromatic amines is 1. The van der Waals surface area contributed by atoms with Crippen molar-refractivity contribution in [2.75, 3.05) is 33.1 Å². The van der Waals surface area contributed by atoms with Crippen LogP contribution in [-0.4, -0.2) is 53.9 Å². The summed E-state index contributed by atoms with van der Waals surface area (Å²) < 4.78 is 16.2. The number of H-pyrrole nitrogens is 1. The third-order valence-electron chi connectivity index (χ3n) is 4.93. The third kappa shape index (κ3) is 3.43. The van der Waals surface area contributed by atoms with E-state index in [0.717, 1.165) is 16.6 Å². The highest BCUT2D eigenvalue weighted by molar-refractivity contribution is 6.32. The lowest BCUT2D eigenvalue weighted by molar-refractivity contribution is -0.128. The van der Waals surface area contributed by atoms with E-state index in [1.807, 2.05) is 30.3 Å². The Labute approximate surface area is 171 Å². The number of morpholine rings is 1. The molecule has 5 rings (SSSR count). The number of carbonyl (C=O) groups excluding carboxylic acids is 1. The molecule has 148 valence electrons. The Kier molecular flexibility index (Phi) is 4.61. The van der Waals surface area contributed by atoms with Gasteiger partial charge in [-0.25, -0.2) is 4.98 Å². The molecule has 3 aromatic rings. The standard InChI is InChI=1S/C21H18ClN3O4/c22-15-10-13(11-18-19(15)29-12-28-18)9-14(21(26)25-5-7-27-8-6-25)20-23-16-3-1-2-4-17(16)24-20/h1-4,9-11H,5-8,12H2,(H,23,24)/b14-9+. The van der Waals surface area contributed by atoms with Crippen molar-refractivity contribution >= 4 is 40.2 Å². The Balaban J connectivity index is 1.60. The van der Waals surface area contributed by atoms with Crippen LogP contribution in [-0.2, 0) is 9.53 Å². The van der Waals surface area contributed by atoms with Gasteiger partial charge in [0.1, 0.15) is 5.82 Å². The van der Waals surface area contributed by atoms with Crippen molar-refractivity contribution in [2.24, 2.45) is 0 Å². The predicted octanol–water partition coefficient (Wildman–Crippen LogP) is 3.34. The highest BCUT2D eigenvalue weighted by Gasteiger charge is 2.25. The molecule has 7 nitrogen and oxygen atoms in total. The molecule has 0 radical (unpaired) electrons. The lowest BCUT2D eigenvalue weighted by Crippen LogP contribution is -2.41. The SMILES string of the molecule is O=C(/C(=C/c1cc(Cl)c2c(c1)OCO2)c1nc2ccccc2[nH]1)N1CCOCC1. The minimum Gasteiger partial charge on any atom is -0.454 e. The fourth-order valence-electron chi connectivity index (χ4n) is 3.49. The van der Waals surface area contributed by atoms with Gasteiger partial charge in [-0.15, -0.1) is 0 Å². The number of nitrogens with one attached hydrogen (secondary N) is 1. The molecular formula is C21H18ClN3O4. The molecule has 8 heteroatoms. The summed E-state index contributed by atoms with van der Waals surface area (Å²) in [6.07, 6.45) is 1.78. The minimum absolute atomic E-state index is 0.110. The molecule has 1 N–H and O–H groups in total. The van der Waals surface area contributed by atoms with E-state index in [1.165, 1.54) is 0 Å². The highest BCUT2D eigenvalue weighted by atomic mass is 35.5. The molecule has 0 bridgehead atoms. The molecule has 0 spiro atoms. The largest absolute Gasteiger partial charge is 0.454 e. The first-order valence-corrected chi connectivity index (χ1v) is 9.70. The number of hydrogen-bond acceptors (Lipinski definition) is 5. The van der Waals surface area contributed by atoms with Gasteiger partial charge in [-0.3, -0.25) is 4.79 Å². The van der Waals surface area contributed by atoms with E-state index < -0.39 is 0 Å². The van der Waals surface area contributed by atoms with Crippen LogP contribution in [0.15, 0.2) is 36.4 Å². The van der Waals surface area contributed by atoms with Crippen molar-refractivity contribution in [3.63, 3.8) is 0 Å². The van der Waals surface area contributed by atoms with E-state index in [4.69, 9.17) is 25.8 Å².